The van der Waals surface area contributed by atoms with E-state index in [4.69, 9.17) is 9.47 Å². The SMILES string of the molecule is CCCN(CC(=O)Nc1ccccc1C)C(=O)COC(=O)CNC(=O)c1ccc(OCC)cc1. The van der Waals surface area contributed by atoms with Gasteiger partial charge in [-0.3, -0.25) is 19.2 Å². The molecular weight excluding hydrogens is 438 g/mol. The number of hydrogen-bond donors (Lipinski definition) is 2. The zero-order valence-corrected chi connectivity index (χ0v) is 19.8. The Morgan fingerprint density at radius 2 is 1.68 bits per heavy atom. The van der Waals surface area contributed by atoms with E-state index in [1.54, 1.807) is 30.3 Å². The van der Waals surface area contributed by atoms with Crippen LogP contribution in [0, 0.1) is 6.92 Å². The molecular formula is C25H31N3O6. The summed E-state index contributed by atoms with van der Waals surface area (Å²) >= 11 is 0. The van der Waals surface area contributed by atoms with E-state index in [9.17, 15) is 19.2 Å². The molecule has 9 nitrogen and oxygen atoms in total. The van der Waals surface area contributed by atoms with Crippen LogP contribution in [0.15, 0.2) is 48.5 Å². The fraction of sp³-hybridized carbons (Fsp3) is 0.360. The van der Waals surface area contributed by atoms with Gasteiger partial charge in [0.05, 0.1) is 13.2 Å². The van der Waals surface area contributed by atoms with Crippen molar-refractivity contribution in [1.82, 2.24) is 10.2 Å². The van der Waals surface area contributed by atoms with E-state index >= 15 is 0 Å². The second-order valence-corrected chi connectivity index (χ2v) is 7.48. The normalized spacial score (nSPS) is 10.2. The lowest BCUT2D eigenvalue weighted by molar-refractivity contribution is -0.151. The first-order valence-corrected chi connectivity index (χ1v) is 11.1. The molecule has 0 aromatic heterocycles. The number of rotatable bonds is 12. The van der Waals surface area contributed by atoms with E-state index in [1.807, 2.05) is 39.0 Å². The monoisotopic (exact) mass is 469 g/mol. The van der Waals surface area contributed by atoms with E-state index in [1.165, 1.54) is 4.90 Å². The van der Waals surface area contributed by atoms with E-state index in [2.05, 4.69) is 10.6 Å². The van der Waals surface area contributed by atoms with Crippen LogP contribution in [0.25, 0.3) is 0 Å². The zero-order chi connectivity index (χ0) is 24.9. The number of ether oxygens (including phenoxy) is 2. The smallest absolute Gasteiger partial charge is 0.325 e. The standard InChI is InChI=1S/C25H31N3O6/c1-4-14-28(16-22(29)27-21-9-7-6-8-18(21)3)23(30)17-34-24(31)15-26-25(32)19-10-12-20(13-11-19)33-5-2/h6-13H,4-5,14-17H2,1-3H3,(H,26,32)(H,27,29). The maximum Gasteiger partial charge on any atom is 0.325 e. The van der Waals surface area contributed by atoms with Crippen LogP contribution in [-0.4, -0.2) is 61.4 Å². The first kappa shape index (κ1) is 26.4. The third-order valence-corrected chi connectivity index (χ3v) is 4.78. The highest BCUT2D eigenvalue weighted by Gasteiger charge is 2.19. The summed E-state index contributed by atoms with van der Waals surface area (Å²) in [5, 5.41) is 5.23. The topological polar surface area (TPSA) is 114 Å². The van der Waals surface area contributed by atoms with Crippen LogP contribution < -0.4 is 15.4 Å². The fourth-order valence-electron chi connectivity index (χ4n) is 3.05. The number of nitrogens with one attached hydrogen (secondary N) is 2. The van der Waals surface area contributed by atoms with Crippen molar-refractivity contribution in [3.05, 3.63) is 59.7 Å². The number of amides is 3. The molecule has 0 saturated heterocycles. The number of para-hydroxylation sites is 1. The lowest BCUT2D eigenvalue weighted by atomic mass is 10.2. The summed E-state index contributed by atoms with van der Waals surface area (Å²) in [5.41, 5.74) is 1.94. The molecule has 0 spiro atoms. The van der Waals surface area contributed by atoms with Crippen molar-refractivity contribution in [2.75, 3.05) is 38.2 Å². The van der Waals surface area contributed by atoms with Gasteiger partial charge in [0.25, 0.3) is 11.8 Å². The number of esters is 1. The van der Waals surface area contributed by atoms with Crippen molar-refractivity contribution in [3.8, 4) is 5.75 Å². The summed E-state index contributed by atoms with van der Waals surface area (Å²) in [6.07, 6.45) is 0.634. The van der Waals surface area contributed by atoms with Crippen molar-refractivity contribution < 1.29 is 28.7 Å². The van der Waals surface area contributed by atoms with Crippen LogP contribution in [0.2, 0.25) is 0 Å². The van der Waals surface area contributed by atoms with Crippen LogP contribution in [-0.2, 0) is 19.1 Å². The first-order chi connectivity index (χ1) is 16.3. The van der Waals surface area contributed by atoms with E-state index in [0.717, 1.165) is 5.56 Å². The Bertz CT molecular complexity index is 990. The molecule has 9 heteroatoms. The molecule has 0 unspecified atom stereocenters. The highest BCUT2D eigenvalue weighted by molar-refractivity contribution is 5.97. The van der Waals surface area contributed by atoms with Gasteiger partial charge in [-0.1, -0.05) is 25.1 Å². The fourth-order valence-corrected chi connectivity index (χ4v) is 3.05. The molecule has 2 N–H and O–H groups in total. The minimum Gasteiger partial charge on any atom is -0.494 e. The second-order valence-electron chi connectivity index (χ2n) is 7.48. The number of carbonyl (C=O) groups excluding carboxylic acids is 4. The number of aryl methyl sites for hydroxylation is 1. The number of anilines is 1. The average Bonchev–Trinajstić information content (AvgIpc) is 2.83. The van der Waals surface area contributed by atoms with E-state index in [0.29, 0.717) is 36.6 Å². The Labute approximate surface area is 199 Å². The largest absolute Gasteiger partial charge is 0.494 e. The predicted molar refractivity (Wildman–Crippen MR) is 128 cm³/mol. The molecule has 2 rings (SSSR count). The summed E-state index contributed by atoms with van der Waals surface area (Å²) in [5.74, 6) is -1.40. The van der Waals surface area contributed by atoms with Crippen molar-refractivity contribution in [2.45, 2.75) is 27.2 Å². The van der Waals surface area contributed by atoms with Gasteiger partial charge >= 0.3 is 5.97 Å². The number of hydrogen-bond acceptors (Lipinski definition) is 6. The molecule has 0 fully saturated rings. The highest BCUT2D eigenvalue weighted by Crippen LogP contribution is 2.13. The molecule has 2 aromatic rings. The van der Waals surface area contributed by atoms with Crippen molar-refractivity contribution in [2.24, 2.45) is 0 Å². The van der Waals surface area contributed by atoms with Crippen LogP contribution >= 0.6 is 0 Å². The van der Waals surface area contributed by atoms with Crippen LogP contribution in [0.4, 0.5) is 5.69 Å². The number of carbonyl (C=O) groups is 4. The summed E-state index contributed by atoms with van der Waals surface area (Å²) in [6.45, 7) is 5.40. The number of nitrogens with zero attached hydrogens (tertiary/aromatic N) is 1. The Balaban J connectivity index is 1.79. The molecule has 0 heterocycles. The Morgan fingerprint density at radius 1 is 0.971 bits per heavy atom. The summed E-state index contributed by atoms with van der Waals surface area (Å²) in [6, 6.07) is 13.8. The third kappa shape index (κ3) is 8.57. The lowest BCUT2D eigenvalue weighted by Gasteiger charge is -2.21. The molecule has 0 radical (unpaired) electrons. The van der Waals surface area contributed by atoms with Crippen molar-refractivity contribution >= 4 is 29.4 Å². The van der Waals surface area contributed by atoms with Crippen molar-refractivity contribution in [3.63, 3.8) is 0 Å². The van der Waals surface area contributed by atoms with Gasteiger partial charge in [0.1, 0.15) is 12.3 Å². The summed E-state index contributed by atoms with van der Waals surface area (Å²) in [7, 11) is 0. The van der Waals surface area contributed by atoms with Gasteiger partial charge < -0.3 is 25.0 Å². The predicted octanol–water partition coefficient (Wildman–Crippen LogP) is 2.54. The molecule has 182 valence electrons. The first-order valence-electron chi connectivity index (χ1n) is 11.1. The molecule has 0 bridgehead atoms. The Morgan fingerprint density at radius 3 is 2.32 bits per heavy atom. The minimum absolute atomic E-state index is 0.160. The molecule has 0 atom stereocenters. The third-order valence-electron chi connectivity index (χ3n) is 4.78. The number of benzene rings is 2. The van der Waals surface area contributed by atoms with Crippen LogP contribution in [0.3, 0.4) is 0 Å². The molecule has 2 aromatic carbocycles. The van der Waals surface area contributed by atoms with Crippen LogP contribution in [0.1, 0.15) is 36.2 Å². The van der Waals surface area contributed by atoms with Gasteiger partial charge in [0.2, 0.25) is 5.91 Å². The zero-order valence-electron chi connectivity index (χ0n) is 19.8. The molecule has 0 saturated carbocycles. The summed E-state index contributed by atoms with van der Waals surface area (Å²) in [4.78, 5) is 50.4. The minimum atomic E-state index is -0.756. The molecule has 3 amide bonds. The maximum absolute atomic E-state index is 12.5. The molecule has 0 aliphatic carbocycles. The Kier molecular flexibility index (Phi) is 10.6. The van der Waals surface area contributed by atoms with Gasteiger partial charge in [-0.05, 0) is 56.2 Å². The quantitative estimate of drug-likeness (QED) is 0.462. The summed E-state index contributed by atoms with van der Waals surface area (Å²) < 4.78 is 10.3. The lowest BCUT2D eigenvalue weighted by Crippen LogP contribution is -2.41. The van der Waals surface area contributed by atoms with Gasteiger partial charge in [-0.2, -0.15) is 0 Å². The van der Waals surface area contributed by atoms with Gasteiger partial charge in [-0.25, -0.2) is 0 Å². The second kappa shape index (κ2) is 13.6. The highest BCUT2D eigenvalue weighted by atomic mass is 16.5. The molecule has 0 aliphatic heterocycles. The van der Waals surface area contributed by atoms with Crippen molar-refractivity contribution in [1.29, 1.82) is 0 Å². The Hall–Kier alpha value is -3.88. The van der Waals surface area contributed by atoms with E-state index in [-0.39, 0.29) is 19.0 Å². The van der Waals surface area contributed by atoms with E-state index < -0.39 is 24.4 Å². The maximum atomic E-state index is 12.5. The molecule has 34 heavy (non-hydrogen) atoms. The molecule has 0 aliphatic rings. The average molecular weight is 470 g/mol. The van der Waals surface area contributed by atoms with Gasteiger partial charge in [0, 0.05) is 17.8 Å². The van der Waals surface area contributed by atoms with Crippen LogP contribution in [0.5, 0.6) is 5.75 Å². The van der Waals surface area contributed by atoms with Gasteiger partial charge in [0.15, 0.2) is 6.61 Å². The van der Waals surface area contributed by atoms with Gasteiger partial charge in [-0.15, -0.1) is 0 Å².